The number of rotatable bonds is 6. The molecule has 5 atom stereocenters. The molecule has 1 heterocycles. The Kier molecular flexibility index (Phi) is 7.74. The number of nitrogens with zero attached hydrogens (tertiary/aromatic N) is 1. The fourth-order valence-electron chi connectivity index (χ4n) is 10.5. The van der Waals surface area contributed by atoms with Crippen LogP contribution in [0.1, 0.15) is 104 Å². The van der Waals surface area contributed by atoms with Crippen LogP contribution in [0.4, 0.5) is 5.69 Å². The Morgan fingerprint density at radius 3 is 2.57 bits per heavy atom. The lowest BCUT2D eigenvalue weighted by Crippen LogP contribution is -2.38. The highest BCUT2D eigenvalue weighted by Gasteiger charge is 2.53. The molecule has 0 fully saturated rings. The van der Waals surface area contributed by atoms with Crippen LogP contribution >= 0.6 is 0 Å². The van der Waals surface area contributed by atoms with Gasteiger partial charge in [-0.3, -0.25) is 0 Å². The summed E-state index contributed by atoms with van der Waals surface area (Å²) in [5.74, 6) is 2.21. The van der Waals surface area contributed by atoms with Crippen molar-refractivity contribution in [1.82, 2.24) is 0 Å². The summed E-state index contributed by atoms with van der Waals surface area (Å²) in [7, 11) is 0. The molecule has 2 aromatic carbocycles. The summed E-state index contributed by atoms with van der Waals surface area (Å²) < 4.78 is 6.56. The minimum absolute atomic E-state index is 0.162. The van der Waals surface area contributed by atoms with E-state index in [2.05, 4.69) is 145 Å². The second-order valence-corrected chi connectivity index (χ2v) is 15.4. The molecule has 0 spiro atoms. The number of hydrogen-bond acceptors (Lipinski definition) is 2. The van der Waals surface area contributed by atoms with Crippen molar-refractivity contribution in [3.63, 3.8) is 0 Å². The van der Waals surface area contributed by atoms with Gasteiger partial charge in [-0.15, -0.1) is 0 Å². The summed E-state index contributed by atoms with van der Waals surface area (Å²) in [6.07, 6.45) is 47.0. The summed E-state index contributed by atoms with van der Waals surface area (Å²) >= 11 is 0. The predicted octanol–water partition coefficient (Wildman–Crippen LogP) is 10.8. The molecule has 0 N–H and O–H groups in total. The number of benzene rings is 2. The molecular formula is C49H47NO. The highest BCUT2D eigenvalue weighted by atomic mass is 16.3. The van der Waals surface area contributed by atoms with Gasteiger partial charge < -0.3 is 9.32 Å². The normalized spacial score (nSPS) is 28.4. The molecule has 0 radical (unpaired) electrons. The smallest absolute Gasteiger partial charge is 0.130 e. The first kappa shape index (κ1) is 31.0. The second kappa shape index (κ2) is 12.7. The maximum Gasteiger partial charge on any atom is 0.130 e. The minimum atomic E-state index is -0.162. The molecule has 51 heavy (non-hydrogen) atoms. The summed E-state index contributed by atoms with van der Waals surface area (Å²) in [6.45, 7) is 0. The van der Waals surface area contributed by atoms with Gasteiger partial charge in [-0.05, 0) is 111 Å². The highest BCUT2D eigenvalue weighted by Crippen LogP contribution is 2.61. The lowest BCUT2D eigenvalue weighted by Gasteiger charge is -2.43. The average molecular weight is 666 g/mol. The highest BCUT2D eigenvalue weighted by molar-refractivity contribution is 5.67. The van der Waals surface area contributed by atoms with Crippen LogP contribution in [0.2, 0.25) is 0 Å². The van der Waals surface area contributed by atoms with E-state index < -0.39 is 0 Å². The molecule has 5 unspecified atom stereocenters. The zero-order valence-electron chi connectivity index (χ0n) is 29.5. The van der Waals surface area contributed by atoms with Gasteiger partial charge in [0.25, 0.3) is 0 Å². The monoisotopic (exact) mass is 665 g/mol. The van der Waals surface area contributed by atoms with Gasteiger partial charge in [0, 0.05) is 45.3 Å². The summed E-state index contributed by atoms with van der Waals surface area (Å²) in [4.78, 5) is 2.66. The Labute approximate surface area is 302 Å². The van der Waals surface area contributed by atoms with Crippen LogP contribution in [-0.4, -0.2) is 6.04 Å². The van der Waals surface area contributed by atoms with Crippen molar-refractivity contribution < 1.29 is 4.42 Å². The van der Waals surface area contributed by atoms with E-state index in [1.165, 1.54) is 70.1 Å². The molecule has 2 heteroatoms. The maximum absolute atomic E-state index is 6.56. The Morgan fingerprint density at radius 1 is 0.745 bits per heavy atom. The van der Waals surface area contributed by atoms with Crippen LogP contribution in [0.3, 0.4) is 0 Å². The Balaban J connectivity index is 1.05. The Hall–Kier alpha value is -4.82. The van der Waals surface area contributed by atoms with Crippen molar-refractivity contribution in [2.45, 2.75) is 87.5 Å². The molecule has 7 aliphatic rings. The molecule has 1 aromatic heterocycles. The third kappa shape index (κ3) is 4.97. The molecule has 0 saturated carbocycles. The number of anilines is 1. The van der Waals surface area contributed by atoms with E-state index in [1.54, 1.807) is 5.57 Å². The fourth-order valence-corrected chi connectivity index (χ4v) is 10.5. The van der Waals surface area contributed by atoms with Gasteiger partial charge in [0.05, 0.1) is 6.04 Å². The SMILES string of the molecule is C1=CCCC(N(c2cccc(C3(C4=CCCCC4)c4ccccc4C4C=CC=CC43)c2)C2C=CC(C3CC=Cc4c3oc3c4=CCCC=3)=CC2)=C1. The van der Waals surface area contributed by atoms with Crippen LogP contribution in [0.15, 0.2) is 143 Å². The Bertz CT molecular complexity index is 2260. The van der Waals surface area contributed by atoms with Crippen LogP contribution in [0.25, 0.3) is 18.2 Å². The van der Waals surface area contributed by atoms with Gasteiger partial charge in [-0.25, -0.2) is 0 Å². The van der Waals surface area contributed by atoms with Crippen LogP contribution in [0, 0.1) is 5.92 Å². The molecule has 0 aliphatic heterocycles. The van der Waals surface area contributed by atoms with Crippen molar-refractivity contribution in [3.05, 3.63) is 177 Å². The van der Waals surface area contributed by atoms with E-state index in [4.69, 9.17) is 4.42 Å². The molecule has 254 valence electrons. The van der Waals surface area contributed by atoms with Crippen molar-refractivity contribution in [2.24, 2.45) is 5.92 Å². The van der Waals surface area contributed by atoms with E-state index in [9.17, 15) is 0 Å². The molecular weight excluding hydrogens is 619 g/mol. The summed E-state index contributed by atoms with van der Waals surface area (Å²) in [5.41, 5.74) is 12.4. The lowest BCUT2D eigenvalue weighted by atomic mass is 9.61. The fraction of sp³-hybridized carbons (Fsp3) is 0.306. The standard InChI is InChI=1S/C49H47NO/c1-3-15-35(16-4-1)49(45-26-10-7-21-41(45)42-22-8-11-27-46(42)49)36-17-13-20-39(33-36)50(37-18-5-2-6-19-37)38-31-29-34(30-32-38)40-24-14-25-44-43-23-9-12-28-47(43)51-48(40)44/h2,5,7-8,10-11,13-15,17-18,20-23,25-31,33,38,40-41,45H,1,3-4,6,9,12,16,19,24,32H2. The van der Waals surface area contributed by atoms with Gasteiger partial charge in [0.15, 0.2) is 0 Å². The number of furan rings is 1. The van der Waals surface area contributed by atoms with Crippen molar-refractivity contribution >= 4 is 23.9 Å². The van der Waals surface area contributed by atoms with Gasteiger partial charge in [0.1, 0.15) is 11.2 Å². The first-order valence-electron chi connectivity index (χ1n) is 19.6. The molecule has 0 amide bonds. The van der Waals surface area contributed by atoms with Crippen LogP contribution < -0.4 is 15.5 Å². The molecule has 0 bridgehead atoms. The van der Waals surface area contributed by atoms with Crippen molar-refractivity contribution in [3.8, 4) is 0 Å². The Morgan fingerprint density at radius 2 is 1.69 bits per heavy atom. The van der Waals surface area contributed by atoms with Gasteiger partial charge in [0.2, 0.25) is 0 Å². The van der Waals surface area contributed by atoms with E-state index >= 15 is 0 Å². The third-order valence-corrected chi connectivity index (χ3v) is 12.8. The van der Waals surface area contributed by atoms with Gasteiger partial charge in [-0.1, -0.05) is 121 Å². The molecule has 10 rings (SSSR count). The maximum atomic E-state index is 6.56. The number of hydrogen-bond donors (Lipinski definition) is 0. The topological polar surface area (TPSA) is 16.4 Å². The molecule has 3 aromatic rings. The van der Waals surface area contributed by atoms with E-state index in [0.717, 1.165) is 49.7 Å². The van der Waals surface area contributed by atoms with Crippen molar-refractivity contribution in [1.29, 1.82) is 0 Å². The first-order valence-corrected chi connectivity index (χ1v) is 19.6. The van der Waals surface area contributed by atoms with Gasteiger partial charge >= 0.3 is 0 Å². The number of allylic oxidation sites excluding steroid dienone is 13. The molecule has 2 nitrogen and oxygen atoms in total. The third-order valence-electron chi connectivity index (χ3n) is 12.8. The van der Waals surface area contributed by atoms with Crippen LogP contribution in [-0.2, 0) is 5.41 Å². The van der Waals surface area contributed by atoms with Gasteiger partial charge in [-0.2, -0.15) is 0 Å². The lowest BCUT2D eigenvalue weighted by molar-refractivity contribution is 0.425. The van der Waals surface area contributed by atoms with Crippen LogP contribution in [0.5, 0.6) is 0 Å². The number of fused-ring (bicyclic) bond motifs is 6. The molecule has 7 aliphatic carbocycles. The first-order chi connectivity index (χ1) is 25.3. The second-order valence-electron chi connectivity index (χ2n) is 15.4. The zero-order chi connectivity index (χ0) is 33.8. The summed E-state index contributed by atoms with van der Waals surface area (Å²) in [5, 5.41) is 1.30. The van der Waals surface area contributed by atoms with E-state index in [1.807, 2.05) is 0 Å². The average Bonchev–Trinajstić information content (AvgIpc) is 3.74. The van der Waals surface area contributed by atoms with E-state index in [0.29, 0.717) is 11.8 Å². The van der Waals surface area contributed by atoms with Crippen molar-refractivity contribution in [2.75, 3.05) is 4.90 Å². The van der Waals surface area contributed by atoms with E-state index in [-0.39, 0.29) is 17.4 Å². The zero-order valence-corrected chi connectivity index (χ0v) is 29.5. The largest absolute Gasteiger partial charge is 0.460 e. The predicted molar refractivity (Wildman–Crippen MR) is 212 cm³/mol. The molecule has 0 saturated heterocycles. The summed E-state index contributed by atoms with van der Waals surface area (Å²) in [6, 6.07) is 19.3. The minimum Gasteiger partial charge on any atom is -0.460 e. The quantitative estimate of drug-likeness (QED) is 0.244.